The van der Waals surface area contributed by atoms with Crippen LogP contribution in [0, 0.1) is 24.0 Å². The van der Waals surface area contributed by atoms with Gasteiger partial charge in [0.05, 0.1) is 15.1 Å². The normalized spacial score (nSPS) is 11.9. The Bertz CT molecular complexity index is 1050. The van der Waals surface area contributed by atoms with E-state index in [1.54, 1.807) is 0 Å². The number of hydrogen-bond donors (Lipinski definition) is 0. The molecule has 0 radical (unpaired) electrons. The standard InChI is InChI=1S/C17H15N3O3S/c1-10-7-11(2)15-14(8-10)19(3)17(24-15)18-16(21)12-5-4-6-13(9-12)20(22)23/h4-9H,1-3H3. The maximum absolute atomic E-state index is 12.4. The zero-order chi connectivity index (χ0) is 17.4. The van der Waals surface area contributed by atoms with Crippen molar-refractivity contribution in [3.05, 3.63) is 68.0 Å². The van der Waals surface area contributed by atoms with Crippen LogP contribution in [0.1, 0.15) is 21.5 Å². The fourth-order valence-electron chi connectivity index (χ4n) is 2.58. The van der Waals surface area contributed by atoms with Crippen LogP contribution in [-0.4, -0.2) is 15.4 Å². The Morgan fingerprint density at radius 2 is 2.00 bits per heavy atom. The number of benzene rings is 2. The first-order valence-electron chi connectivity index (χ1n) is 7.27. The summed E-state index contributed by atoms with van der Waals surface area (Å²) in [6.07, 6.45) is 0. The van der Waals surface area contributed by atoms with Crippen molar-refractivity contribution in [2.45, 2.75) is 13.8 Å². The number of nitrogens with zero attached hydrogens (tertiary/aromatic N) is 3. The van der Waals surface area contributed by atoms with Crippen LogP contribution in [0.15, 0.2) is 41.4 Å². The number of aryl methyl sites for hydroxylation is 3. The molecular formula is C17H15N3O3S. The lowest BCUT2D eigenvalue weighted by Crippen LogP contribution is -2.13. The highest BCUT2D eigenvalue weighted by Crippen LogP contribution is 2.22. The molecule has 0 fully saturated rings. The predicted octanol–water partition coefficient (Wildman–Crippen LogP) is 3.51. The second-order valence-corrected chi connectivity index (χ2v) is 6.58. The molecule has 2 aromatic carbocycles. The van der Waals surface area contributed by atoms with Crippen molar-refractivity contribution in [1.29, 1.82) is 0 Å². The van der Waals surface area contributed by atoms with Gasteiger partial charge in [0.25, 0.3) is 11.6 Å². The summed E-state index contributed by atoms with van der Waals surface area (Å²) < 4.78 is 2.95. The van der Waals surface area contributed by atoms with Gasteiger partial charge in [-0.05, 0) is 37.1 Å². The highest BCUT2D eigenvalue weighted by atomic mass is 32.1. The quantitative estimate of drug-likeness (QED) is 0.528. The zero-order valence-electron chi connectivity index (χ0n) is 13.4. The Morgan fingerprint density at radius 3 is 2.71 bits per heavy atom. The molecular weight excluding hydrogens is 326 g/mol. The Balaban J connectivity index is 2.12. The van der Waals surface area contributed by atoms with Crippen molar-refractivity contribution in [3.8, 4) is 0 Å². The van der Waals surface area contributed by atoms with E-state index in [4.69, 9.17) is 0 Å². The molecule has 122 valence electrons. The Morgan fingerprint density at radius 1 is 1.25 bits per heavy atom. The first kappa shape index (κ1) is 16.1. The summed E-state index contributed by atoms with van der Waals surface area (Å²) in [6.45, 7) is 4.05. The topological polar surface area (TPSA) is 77.5 Å². The van der Waals surface area contributed by atoms with Crippen molar-refractivity contribution in [1.82, 2.24) is 4.57 Å². The van der Waals surface area contributed by atoms with Gasteiger partial charge in [0.1, 0.15) is 0 Å². The fourth-order valence-corrected chi connectivity index (χ4v) is 3.65. The first-order chi connectivity index (χ1) is 11.4. The molecule has 0 aliphatic carbocycles. The molecule has 7 heteroatoms. The molecule has 0 N–H and O–H groups in total. The molecule has 0 aliphatic heterocycles. The molecule has 6 nitrogen and oxygen atoms in total. The van der Waals surface area contributed by atoms with Gasteiger partial charge in [0, 0.05) is 24.7 Å². The van der Waals surface area contributed by atoms with E-state index < -0.39 is 10.8 Å². The number of nitro groups is 1. The molecule has 0 spiro atoms. The average Bonchev–Trinajstić information content (AvgIpc) is 2.84. The van der Waals surface area contributed by atoms with Gasteiger partial charge in [-0.25, -0.2) is 0 Å². The summed E-state index contributed by atoms with van der Waals surface area (Å²) in [5.74, 6) is -0.491. The summed E-state index contributed by atoms with van der Waals surface area (Å²) in [6, 6.07) is 9.75. The van der Waals surface area contributed by atoms with Gasteiger partial charge >= 0.3 is 0 Å². The monoisotopic (exact) mass is 341 g/mol. The van der Waals surface area contributed by atoms with E-state index in [-0.39, 0.29) is 11.3 Å². The molecule has 24 heavy (non-hydrogen) atoms. The third-order valence-corrected chi connectivity index (χ3v) is 5.03. The number of thiazole rings is 1. The Hall–Kier alpha value is -2.80. The number of nitro benzene ring substituents is 1. The number of rotatable bonds is 2. The summed E-state index contributed by atoms with van der Waals surface area (Å²) in [7, 11) is 1.86. The van der Waals surface area contributed by atoms with Crippen molar-refractivity contribution < 1.29 is 9.72 Å². The van der Waals surface area contributed by atoms with E-state index in [1.165, 1.54) is 35.6 Å². The first-order valence-corrected chi connectivity index (χ1v) is 8.09. The van der Waals surface area contributed by atoms with Crippen LogP contribution in [0.3, 0.4) is 0 Å². The minimum absolute atomic E-state index is 0.122. The lowest BCUT2D eigenvalue weighted by molar-refractivity contribution is -0.384. The van der Waals surface area contributed by atoms with Crippen LogP contribution in [0.5, 0.6) is 0 Å². The number of non-ortho nitro benzene ring substituents is 1. The molecule has 0 saturated heterocycles. The molecule has 0 saturated carbocycles. The van der Waals surface area contributed by atoms with Crippen molar-refractivity contribution in [2.24, 2.45) is 12.0 Å². The van der Waals surface area contributed by atoms with Crippen LogP contribution < -0.4 is 4.80 Å². The summed E-state index contributed by atoms with van der Waals surface area (Å²) in [4.78, 5) is 27.4. The van der Waals surface area contributed by atoms with Crippen LogP contribution >= 0.6 is 11.3 Å². The highest BCUT2D eigenvalue weighted by molar-refractivity contribution is 7.16. The van der Waals surface area contributed by atoms with E-state index >= 15 is 0 Å². The minimum Gasteiger partial charge on any atom is -0.319 e. The van der Waals surface area contributed by atoms with Gasteiger partial charge in [-0.3, -0.25) is 14.9 Å². The number of hydrogen-bond acceptors (Lipinski definition) is 4. The zero-order valence-corrected chi connectivity index (χ0v) is 14.3. The summed E-state index contributed by atoms with van der Waals surface area (Å²) >= 11 is 1.43. The highest BCUT2D eigenvalue weighted by Gasteiger charge is 2.12. The number of carbonyl (C=O) groups excluding carboxylic acids is 1. The number of aromatic nitrogens is 1. The van der Waals surface area contributed by atoms with E-state index in [2.05, 4.69) is 17.1 Å². The van der Waals surface area contributed by atoms with Crippen LogP contribution in [0.4, 0.5) is 5.69 Å². The van der Waals surface area contributed by atoms with Crippen molar-refractivity contribution >= 4 is 33.1 Å². The van der Waals surface area contributed by atoms with E-state index in [9.17, 15) is 14.9 Å². The van der Waals surface area contributed by atoms with E-state index in [0.717, 1.165) is 21.3 Å². The summed E-state index contributed by atoms with van der Waals surface area (Å²) in [5, 5.41) is 10.8. The average molecular weight is 341 g/mol. The van der Waals surface area contributed by atoms with Gasteiger partial charge in [-0.1, -0.05) is 23.5 Å². The van der Waals surface area contributed by atoms with Gasteiger partial charge < -0.3 is 4.57 Å². The van der Waals surface area contributed by atoms with Gasteiger partial charge in [0.15, 0.2) is 4.80 Å². The molecule has 0 unspecified atom stereocenters. The molecule has 1 heterocycles. The van der Waals surface area contributed by atoms with Crippen molar-refractivity contribution in [2.75, 3.05) is 0 Å². The molecule has 1 amide bonds. The Kier molecular flexibility index (Phi) is 4.02. The second-order valence-electron chi connectivity index (χ2n) is 5.60. The van der Waals surface area contributed by atoms with Crippen LogP contribution in [0.25, 0.3) is 10.2 Å². The second kappa shape index (κ2) is 6.01. The molecule has 3 rings (SSSR count). The molecule has 1 aromatic heterocycles. The summed E-state index contributed by atoms with van der Waals surface area (Å²) in [5.41, 5.74) is 3.38. The van der Waals surface area contributed by atoms with Crippen LogP contribution in [-0.2, 0) is 7.05 Å². The number of carbonyl (C=O) groups is 1. The van der Waals surface area contributed by atoms with Gasteiger partial charge in [0.2, 0.25) is 0 Å². The Labute approximate surface area is 141 Å². The predicted molar refractivity (Wildman–Crippen MR) is 93.3 cm³/mol. The largest absolute Gasteiger partial charge is 0.319 e. The van der Waals surface area contributed by atoms with Crippen molar-refractivity contribution in [3.63, 3.8) is 0 Å². The SMILES string of the molecule is Cc1cc(C)c2sc(=NC(=O)c3cccc([N+](=O)[O-])c3)n(C)c2c1. The third kappa shape index (κ3) is 2.85. The van der Waals surface area contributed by atoms with E-state index in [0.29, 0.717) is 4.80 Å². The molecule has 0 bridgehead atoms. The number of amides is 1. The lowest BCUT2D eigenvalue weighted by atomic mass is 10.1. The smallest absolute Gasteiger partial charge is 0.279 e. The van der Waals surface area contributed by atoms with Crippen LogP contribution in [0.2, 0.25) is 0 Å². The lowest BCUT2D eigenvalue weighted by Gasteiger charge is -2.00. The molecule has 3 aromatic rings. The third-order valence-electron chi connectivity index (χ3n) is 3.74. The molecule has 0 atom stereocenters. The van der Waals surface area contributed by atoms with E-state index in [1.807, 2.05) is 25.5 Å². The molecule has 0 aliphatic rings. The maximum atomic E-state index is 12.4. The fraction of sp³-hybridized carbons (Fsp3) is 0.176. The maximum Gasteiger partial charge on any atom is 0.279 e. The minimum atomic E-state index is -0.525. The van der Waals surface area contributed by atoms with Gasteiger partial charge in [-0.2, -0.15) is 4.99 Å². The number of fused-ring (bicyclic) bond motifs is 1. The van der Waals surface area contributed by atoms with Gasteiger partial charge in [-0.15, -0.1) is 0 Å².